The van der Waals surface area contributed by atoms with Crippen LogP contribution in [-0.4, -0.2) is 16.3 Å². The number of hydrogen-bond acceptors (Lipinski definition) is 2. The molecular formula is C16H21N3. The highest BCUT2D eigenvalue weighted by atomic mass is 15.3. The highest BCUT2D eigenvalue weighted by Gasteiger charge is 2.22. The van der Waals surface area contributed by atoms with E-state index in [2.05, 4.69) is 48.1 Å². The molecule has 3 nitrogen and oxygen atoms in total. The second-order valence-corrected chi connectivity index (χ2v) is 5.09. The molecule has 1 aromatic carbocycles. The van der Waals surface area contributed by atoms with E-state index in [-0.39, 0.29) is 0 Å². The fraction of sp³-hybridized carbons (Fsp3) is 0.438. The van der Waals surface area contributed by atoms with Gasteiger partial charge in [-0.1, -0.05) is 38.5 Å². The molecule has 2 heterocycles. The molecule has 3 heteroatoms. The number of aryl methyl sites for hydroxylation is 2. The van der Waals surface area contributed by atoms with Crippen LogP contribution in [0.4, 0.5) is 5.82 Å². The first-order valence-electron chi connectivity index (χ1n) is 7.28. The predicted molar refractivity (Wildman–Crippen MR) is 79.1 cm³/mol. The van der Waals surface area contributed by atoms with Gasteiger partial charge in [0.2, 0.25) is 0 Å². The Labute approximate surface area is 114 Å². The molecule has 0 saturated carbocycles. The Bertz CT molecular complexity index is 584. The Balaban J connectivity index is 2.12. The molecular weight excluding hydrogens is 234 g/mol. The van der Waals surface area contributed by atoms with Crippen molar-refractivity contribution in [2.24, 2.45) is 0 Å². The molecule has 0 radical (unpaired) electrons. The van der Waals surface area contributed by atoms with Crippen LogP contribution in [0.2, 0.25) is 0 Å². The Kier molecular flexibility index (Phi) is 3.28. The smallest absolute Gasteiger partial charge is 0.133 e. The van der Waals surface area contributed by atoms with Gasteiger partial charge in [-0.2, -0.15) is 5.10 Å². The zero-order valence-electron chi connectivity index (χ0n) is 11.7. The maximum absolute atomic E-state index is 4.85. The van der Waals surface area contributed by atoms with Gasteiger partial charge >= 0.3 is 0 Å². The van der Waals surface area contributed by atoms with Crippen LogP contribution in [0, 0.1) is 0 Å². The molecule has 3 rings (SSSR count). The number of fused-ring (bicyclic) bond motifs is 1. The van der Waals surface area contributed by atoms with Gasteiger partial charge in [0.15, 0.2) is 0 Å². The van der Waals surface area contributed by atoms with E-state index in [1.165, 1.54) is 28.3 Å². The molecule has 0 atom stereocenters. The van der Waals surface area contributed by atoms with Gasteiger partial charge in [-0.15, -0.1) is 0 Å². The first kappa shape index (κ1) is 12.3. The van der Waals surface area contributed by atoms with Crippen LogP contribution in [0.15, 0.2) is 24.3 Å². The monoisotopic (exact) mass is 255 g/mol. The van der Waals surface area contributed by atoms with Gasteiger partial charge in [-0.25, -0.2) is 4.68 Å². The number of nitrogens with zero attached hydrogens (tertiary/aromatic N) is 2. The highest BCUT2D eigenvalue weighted by Crippen LogP contribution is 2.30. The standard InChI is InChI=1S/C16H21N3/c1-3-7-14-13-10-11-17-16(13)19(18-14)15-9-6-5-8-12(15)4-2/h5-6,8-9,17H,3-4,7,10-11H2,1-2H3. The van der Waals surface area contributed by atoms with Crippen LogP contribution in [-0.2, 0) is 19.3 Å². The second-order valence-electron chi connectivity index (χ2n) is 5.09. The summed E-state index contributed by atoms with van der Waals surface area (Å²) in [4.78, 5) is 0. The van der Waals surface area contributed by atoms with E-state index in [0.717, 1.165) is 32.2 Å². The van der Waals surface area contributed by atoms with Crippen LogP contribution >= 0.6 is 0 Å². The molecule has 0 saturated heterocycles. The number of para-hydroxylation sites is 1. The van der Waals surface area contributed by atoms with Gasteiger partial charge in [-0.05, 0) is 30.9 Å². The van der Waals surface area contributed by atoms with Gasteiger partial charge in [0.05, 0.1) is 11.4 Å². The van der Waals surface area contributed by atoms with Crippen LogP contribution in [0.5, 0.6) is 0 Å². The molecule has 0 aliphatic carbocycles. The van der Waals surface area contributed by atoms with Crippen molar-refractivity contribution >= 4 is 5.82 Å². The molecule has 0 amide bonds. The summed E-state index contributed by atoms with van der Waals surface area (Å²) in [6.45, 7) is 5.45. The molecule has 0 spiro atoms. The maximum Gasteiger partial charge on any atom is 0.133 e. The average Bonchev–Trinajstić information content (AvgIpc) is 3.03. The lowest BCUT2D eigenvalue weighted by molar-refractivity contribution is 0.790. The van der Waals surface area contributed by atoms with Crippen molar-refractivity contribution in [3.8, 4) is 5.69 Å². The van der Waals surface area contributed by atoms with E-state index < -0.39 is 0 Å². The quantitative estimate of drug-likeness (QED) is 0.908. The minimum atomic E-state index is 1.04. The number of benzene rings is 1. The minimum absolute atomic E-state index is 1.04. The average molecular weight is 255 g/mol. The van der Waals surface area contributed by atoms with Crippen molar-refractivity contribution in [3.63, 3.8) is 0 Å². The summed E-state index contributed by atoms with van der Waals surface area (Å²) in [5, 5.41) is 8.35. The van der Waals surface area contributed by atoms with E-state index in [1.54, 1.807) is 0 Å². The van der Waals surface area contributed by atoms with Gasteiger partial charge in [0.1, 0.15) is 5.82 Å². The van der Waals surface area contributed by atoms with Crippen LogP contribution in [0.25, 0.3) is 5.69 Å². The molecule has 2 aromatic rings. The van der Waals surface area contributed by atoms with Gasteiger partial charge in [-0.3, -0.25) is 0 Å². The number of aromatic nitrogens is 2. The molecule has 1 N–H and O–H groups in total. The first-order valence-corrected chi connectivity index (χ1v) is 7.28. The minimum Gasteiger partial charge on any atom is -0.369 e. The van der Waals surface area contributed by atoms with Crippen LogP contribution in [0.1, 0.15) is 37.1 Å². The van der Waals surface area contributed by atoms with Crippen molar-refractivity contribution in [2.45, 2.75) is 39.5 Å². The van der Waals surface area contributed by atoms with Crippen molar-refractivity contribution < 1.29 is 0 Å². The number of hydrogen-bond donors (Lipinski definition) is 1. The van der Waals surface area contributed by atoms with Crippen molar-refractivity contribution in [2.75, 3.05) is 11.9 Å². The first-order chi connectivity index (χ1) is 9.35. The lowest BCUT2D eigenvalue weighted by Crippen LogP contribution is -2.07. The topological polar surface area (TPSA) is 29.9 Å². The lowest BCUT2D eigenvalue weighted by atomic mass is 10.1. The SMILES string of the molecule is CCCc1nn(-c2ccccc2CC)c2c1CCN2. The highest BCUT2D eigenvalue weighted by molar-refractivity contribution is 5.58. The van der Waals surface area contributed by atoms with Crippen molar-refractivity contribution in [3.05, 3.63) is 41.1 Å². The summed E-state index contributed by atoms with van der Waals surface area (Å²) in [7, 11) is 0. The third-order valence-electron chi connectivity index (χ3n) is 3.82. The Morgan fingerprint density at radius 2 is 2.11 bits per heavy atom. The number of rotatable bonds is 4. The molecule has 1 aromatic heterocycles. The van der Waals surface area contributed by atoms with E-state index in [4.69, 9.17) is 5.10 Å². The van der Waals surface area contributed by atoms with Crippen molar-refractivity contribution in [1.82, 2.24) is 9.78 Å². The van der Waals surface area contributed by atoms with Gasteiger partial charge in [0, 0.05) is 12.1 Å². The fourth-order valence-corrected chi connectivity index (χ4v) is 2.87. The Morgan fingerprint density at radius 3 is 2.89 bits per heavy atom. The van der Waals surface area contributed by atoms with Gasteiger partial charge < -0.3 is 5.32 Å². The lowest BCUT2D eigenvalue weighted by Gasteiger charge is -2.10. The summed E-state index contributed by atoms with van der Waals surface area (Å²) in [6, 6.07) is 8.56. The number of anilines is 1. The van der Waals surface area contributed by atoms with E-state index in [0.29, 0.717) is 0 Å². The normalized spacial score (nSPS) is 13.4. The summed E-state index contributed by atoms with van der Waals surface area (Å²) < 4.78 is 2.12. The molecule has 19 heavy (non-hydrogen) atoms. The predicted octanol–water partition coefficient (Wildman–Crippen LogP) is 3.36. The van der Waals surface area contributed by atoms with E-state index in [1.807, 2.05) is 0 Å². The number of nitrogens with one attached hydrogen (secondary N) is 1. The molecule has 1 aliphatic heterocycles. The molecule has 0 fully saturated rings. The summed E-state index contributed by atoms with van der Waals surface area (Å²) in [6.07, 6.45) is 4.37. The summed E-state index contributed by atoms with van der Waals surface area (Å²) in [5.41, 5.74) is 5.27. The van der Waals surface area contributed by atoms with E-state index in [9.17, 15) is 0 Å². The van der Waals surface area contributed by atoms with Crippen molar-refractivity contribution in [1.29, 1.82) is 0 Å². The zero-order valence-corrected chi connectivity index (χ0v) is 11.7. The third kappa shape index (κ3) is 2.03. The third-order valence-corrected chi connectivity index (χ3v) is 3.82. The maximum atomic E-state index is 4.85. The summed E-state index contributed by atoms with van der Waals surface area (Å²) in [5.74, 6) is 1.21. The largest absolute Gasteiger partial charge is 0.369 e. The van der Waals surface area contributed by atoms with Crippen LogP contribution in [0.3, 0.4) is 0 Å². The molecule has 1 aliphatic rings. The fourth-order valence-electron chi connectivity index (χ4n) is 2.87. The van der Waals surface area contributed by atoms with Crippen LogP contribution < -0.4 is 5.32 Å². The Morgan fingerprint density at radius 1 is 1.26 bits per heavy atom. The van der Waals surface area contributed by atoms with Gasteiger partial charge in [0.25, 0.3) is 0 Å². The summed E-state index contributed by atoms with van der Waals surface area (Å²) >= 11 is 0. The molecule has 0 unspecified atom stereocenters. The Hall–Kier alpha value is -1.77. The molecule has 100 valence electrons. The molecule has 0 bridgehead atoms. The zero-order chi connectivity index (χ0) is 13.2. The second kappa shape index (κ2) is 5.08. The van der Waals surface area contributed by atoms with E-state index >= 15 is 0 Å².